The van der Waals surface area contributed by atoms with Crippen LogP contribution < -0.4 is 20.1 Å². The average molecular weight is 472 g/mol. The van der Waals surface area contributed by atoms with E-state index in [1.54, 1.807) is 60.9 Å². The molecule has 35 heavy (non-hydrogen) atoms. The van der Waals surface area contributed by atoms with Gasteiger partial charge in [0.1, 0.15) is 6.61 Å². The van der Waals surface area contributed by atoms with Gasteiger partial charge in [-0.25, -0.2) is 0 Å². The summed E-state index contributed by atoms with van der Waals surface area (Å²) in [5.74, 6) is 0.682. The lowest BCUT2D eigenvalue weighted by molar-refractivity contribution is 0.0949. The minimum atomic E-state index is -0.342. The van der Waals surface area contributed by atoms with Gasteiger partial charge in [-0.05, 0) is 72.6 Å². The van der Waals surface area contributed by atoms with E-state index in [0.717, 1.165) is 11.1 Å². The lowest BCUT2D eigenvalue weighted by Crippen LogP contribution is -2.23. The van der Waals surface area contributed by atoms with Crippen LogP contribution in [0.2, 0.25) is 0 Å². The summed E-state index contributed by atoms with van der Waals surface area (Å²) in [5.41, 5.74) is 2.87. The van der Waals surface area contributed by atoms with E-state index < -0.39 is 0 Å². The topological polar surface area (TPSA) is 103 Å². The number of ether oxygens (including phenoxy) is 2. The van der Waals surface area contributed by atoms with Crippen molar-refractivity contribution >= 4 is 17.5 Å². The van der Waals surface area contributed by atoms with Gasteiger partial charge < -0.3 is 24.5 Å². The minimum absolute atomic E-state index is 0.224. The Morgan fingerprint density at radius 1 is 0.886 bits per heavy atom. The van der Waals surface area contributed by atoms with E-state index >= 15 is 0 Å². The van der Waals surface area contributed by atoms with Crippen molar-refractivity contribution in [2.45, 2.75) is 20.1 Å². The number of amides is 2. The smallest absolute Gasteiger partial charge is 0.291 e. The lowest BCUT2D eigenvalue weighted by Gasteiger charge is -2.14. The van der Waals surface area contributed by atoms with Crippen LogP contribution in [-0.2, 0) is 13.2 Å². The summed E-state index contributed by atoms with van der Waals surface area (Å²) >= 11 is 0. The highest BCUT2D eigenvalue weighted by Crippen LogP contribution is 2.29. The minimum Gasteiger partial charge on any atom is -0.490 e. The van der Waals surface area contributed by atoms with Crippen molar-refractivity contribution < 1.29 is 23.5 Å². The summed E-state index contributed by atoms with van der Waals surface area (Å²) in [5, 5.41) is 5.67. The van der Waals surface area contributed by atoms with Crippen LogP contribution in [0.15, 0.2) is 89.8 Å². The number of benzene rings is 2. The van der Waals surface area contributed by atoms with Crippen LogP contribution in [0.1, 0.15) is 39.0 Å². The van der Waals surface area contributed by atoms with Crippen molar-refractivity contribution in [3.63, 3.8) is 0 Å². The molecule has 0 unspecified atom stereocenters. The molecule has 0 fully saturated rings. The Hall–Kier alpha value is -4.59. The van der Waals surface area contributed by atoms with Crippen LogP contribution >= 0.6 is 0 Å². The van der Waals surface area contributed by atoms with Crippen LogP contribution in [0.5, 0.6) is 11.5 Å². The van der Waals surface area contributed by atoms with Crippen molar-refractivity contribution in [1.29, 1.82) is 0 Å². The Bertz CT molecular complexity index is 1270. The third-order valence-corrected chi connectivity index (χ3v) is 5.03. The molecule has 2 aromatic carbocycles. The van der Waals surface area contributed by atoms with Crippen molar-refractivity contribution in [2.75, 3.05) is 11.9 Å². The fourth-order valence-electron chi connectivity index (χ4n) is 3.32. The molecule has 0 aliphatic heterocycles. The number of carbonyl (C=O) groups is 2. The fourth-order valence-corrected chi connectivity index (χ4v) is 3.32. The highest BCUT2D eigenvalue weighted by atomic mass is 16.5. The molecule has 4 rings (SSSR count). The van der Waals surface area contributed by atoms with Crippen molar-refractivity contribution in [3.05, 3.63) is 108 Å². The Balaban J connectivity index is 1.37. The predicted molar refractivity (Wildman–Crippen MR) is 130 cm³/mol. The maximum absolute atomic E-state index is 12.8. The number of hydrogen-bond donors (Lipinski definition) is 2. The van der Waals surface area contributed by atoms with Crippen molar-refractivity contribution in [3.8, 4) is 11.5 Å². The number of nitrogens with one attached hydrogen (secondary N) is 2. The van der Waals surface area contributed by atoms with Crippen molar-refractivity contribution in [2.24, 2.45) is 0 Å². The summed E-state index contributed by atoms with van der Waals surface area (Å²) in [6.07, 6.45) is 4.86. The molecule has 0 spiro atoms. The molecule has 2 amide bonds. The standard InChI is InChI=1S/C27H25N3O5/c1-2-33-25-16-21(8-9-23(25)35-18-19-10-12-28-13-11-19)26(31)29-17-20-5-3-6-22(15-20)30-27(32)24-7-4-14-34-24/h3-16H,2,17-18H2,1H3,(H,29,31)(H,30,32). The van der Waals surface area contributed by atoms with Gasteiger partial charge in [0, 0.05) is 30.2 Å². The Morgan fingerprint density at radius 3 is 2.51 bits per heavy atom. The zero-order valence-corrected chi connectivity index (χ0v) is 19.2. The molecule has 8 nitrogen and oxygen atoms in total. The van der Waals surface area contributed by atoms with Crippen LogP contribution in [0, 0.1) is 0 Å². The number of rotatable bonds is 10. The maximum atomic E-state index is 12.8. The molecule has 4 aromatic rings. The number of aromatic nitrogens is 1. The van der Waals surface area contributed by atoms with Gasteiger partial charge in [0.2, 0.25) is 0 Å². The first kappa shape index (κ1) is 23.6. The van der Waals surface area contributed by atoms with Crippen LogP contribution in [0.25, 0.3) is 0 Å². The molecule has 0 radical (unpaired) electrons. The van der Waals surface area contributed by atoms with Crippen LogP contribution in [-0.4, -0.2) is 23.4 Å². The van der Waals surface area contributed by atoms with Gasteiger partial charge in [-0.2, -0.15) is 0 Å². The summed E-state index contributed by atoms with van der Waals surface area (Å²) in [6, 6.07) is 19.3. The first-order valence-corrected chi connectivity index (χ1v) is 11.1. The molecule has 0 bridgehead atoms. The van der Waals surface area contributed by atoms with Gasteiger partial charge in [-0.1, -0.05) is 12.1 Å². The van der Waals surface area contributed by atoms with E-state index in [1.807, 2.05) is 25.1 Å². The molecule has 0 saturated heterocycles. The normalized spacial score (nSPS) is 10.4. The second-order valence-corrected chi connectivity index (χ2v) is 7.55. The average Bonchev–Trinajstić information content (AvgIpc) is 3.43. The molecule has 2 heterocycles. The predicted octanol–water partition coefficient (Wildman–Crippen LogP) is 4.83. The Morgan fingerprint density at radius 2 is 1.74 bits per heavy atom. The van der Waals surface area contributed by atoms with E-state index in [4.69, 9.17) is 13.9 Å². The number of furan rings is 1. The van der Waals surface area contributed by atoms with Gasteiger partial charge in [0.15, 0.2) is 17.3 Å². The van der Waals surface area contributed by atoms with Gasteiger partial charge in [0.25, 0.3) is 11.8 Å². The summed E-state index contributed by atoms with van der Waals surface area (Å²) in [7, 11) is 0. The summed E-state index contributed by atoms with van der Waals surface area (Å²) < 4.78 is 16.7. The Kier molecular flexibility index (Phi) is 7.75. The largest absolute Gasteiger partial charge is 0.490 e. The molecule has 0 aliphatic carbocycles. The highest BCUT2D eigenvalue weighted by Gasteiger charge is 2.13. The van der Waals surface area contributed by atoms with E-state index in [0.29, 0.717) is 36.0 Å². The lowest BCUT2D eigenvalue weighted by atomic mass is 10.1. The van der Waals surface area contributed by atoms with E-state index in [-0.39, 0.29) is 24.1 Å². The second-order valence-electron chi connectivity index (χ2n) is 7.55. The fraction of sp³-hybridized carbons (Fsp3) is 0.148. The number of carbonyl (C=O) groups excluding carboxylic acids is 2. The number of anilines is 1. The SMILES string of the molecule is CCOc1cc(C(=O)NCc2cccc(NC(=O)c3ccco3)c2)ccc1OCc1ccncc1. The molecular formula is C27H25N3O5. The third kappa shape index (κ3) is 6.48. The number of hydrogen-bond acceptors (Lipinski definition) is 6. The van der Waals surface area contributed by atoms with Crippen LogP contribution in [0.3, 0.4) is 0 Å². The summed E-state index contributed by atoms with van der Waals surface area (Å²) in [4.78, 5) is 29.0. The molecule has 8 heteroatoms. The Labute approximate surface area is 202 Å². The van der Waals surface area contributed by atoms with Gasteiger partial charge in [-0.3, -0.25) is 14.6 Å². The molecule has 0 aliphatic rings. The molecule has 178 valence electrons. The van der Waals surface area contributed by atoms with E-state index in [1.165, 1.54) is 6.26 Å². The van der Waals surface area contributed by atoms with Gasteiger partial charge in [-0.15, -0.1) is 0 Å². The van der Waals surface area contributed by atoms with E-state index in [2.05, 4.69) is 15.6 Å². The third-order valence-electron chi connectivity index (χ3n) is 5.03. The van der Waals surface area contributed by atoms with Gasteiger partial charge >= 0.3 is 0 Å². The zero-order chi connectivity index (χ0) is 24.5. The molecular weight excluding hydrogens is 446 g/mol. The second kappa shape index (κ2) is 11.5. The van der Waals surface area contributed by atoms with Crippen LogP contribution in [0.4, 0.5) is 5.69 Å². The van der Waals surface area contributed by atoms with Gasteiger partial charge in [0.05, 0.1) is 12.9 Å². The first-order valence-electron chi connectivity index (χ1n) is 11.1. The quantitative estimate of drug-likeness (QED) is 0.343. The molecule has 2 aromatic heterocycles. The molecule has 2 N–H and O–H groups in total. The monoisotopic (exact) mass is 471 g/mol. The number of pyridine rings is 1. The molecule has 0 saturated carbocycles. The molecule has 0 atom stereocenters. The zero-order valence-electron chi connectivity index (χ0n) is 19.2. The number of nitrogens with zero attached hydrogens (tertiary/aromatic N) is 1. The van der Waals surface area contributed by atoms with Crippen molar-refractivity contribution in [1.82, 2.24) is 10.3 Å². The summed E-state index contributed by atoms with van der Waals surface area (Å²) in [6.45, 7) is 2.96. The highest BCUT2D eigenvalue weighted by molar-refractivity contribution is 6.02. The van der Waals surface area contributed by atoms with E-state index in [9.17, 15) is 9.59 Å². The first-order chi connectivity index (χ1) is 17.1. The maximum Gasteiger partial charge on any atom is 0.291 e.